The zero-order valence-electron chi connectivity index (χ0n) is 10.7. The second kappa shape index (κ2) is 9.34. The maximum atomic E-state index is 11.7. The van der Waals surface area contributed by atoms with Crippen molar-refractivity contribution in [3.8, 4) is 0 Å². The lowest BCUT2D eigenvalue weighted by Gasteiger charge is -2.13. The van der Waals surface area contributed by atoms with Crippen molar-refractivity contribution in [2.45, 2.75) is 53.0 Å². The lowest BCUT2D eigenvalue weighted by atomic mass is 10.2. The summed E-state index contributed by atoms with van der Waals surface area (Å²) < 4.78 is 11.7. The maximum absolute atomic E-state index is 11.7. The van der Waals surface area contributed by atoms with E-state index in [-0.39, 0.29) is 0 Å². The zero-order chi connectivity index (χ0) is 11.7. The average Bonchev–Trinajstić information content (AvgIpc) is 2.23. The molecule has 1 N–H and O–H groups in total. The predicted molar refractivity (Wildman–Crippen MR) is 69.7 cm³/mol. The minimum absolute atomic E-state index is 0.505. The van der Waals surface area contributed by atoms with Crippen LogP contribution in [0.1, 0.15) is 47.0 Å². The summed E-state index contributed by atoms with van der Waals surface area (Å²) in [7, 11) is -0.616. The van der Waals surface area contributed by atoms with E-state index in [1.165, 1.54) is 6.42 Å². The first kappa shape index (κ1) is 15.1. The van der Waals surface area contributed by atoms with Gasteiger partial charge in [0.2, 0.25) is 0 Å². The third kappa shape index (κ3) is 9.06. The molecule has 0 aromatic heterocycles. The molecule has 92 valence electrons. The average molecular weight is 233 g/mol. The van der Waals surface area contributed by atoms with Crippen molar-refractivity contribution in [3.63, 3.8) is 0 Å². The van der Waals surface area contributed by atoms with Crippen LogP contribution in [0.25, 0.3) is 0 Å². The molecule has 0 saturated carbocycles. The van der Waals surface area contributed by atoms with Gasteiger partial charge in [0.05, 0.1) is 0 Å². The molecule has 0 aliphatic rings. The fourth-order valence-corrected chi connectivity index (χ4v) is 2.97. The molecule has 3 heteroatoms. The van der Waals surface area contributed by atoms with Gasteiger partial charge in [-0.2, -0.15) is 0 Å². The van der Waals surface area contributed by atoms with Crippen LogP contribution in [-0.4, -0.2) is 28.3 Å². The Morgan fingerprint density at radius 2 is 1.93 bits per heavy atom. The molecule has 0 aromatic carbocycles. The molecule has 3 unspecified atom stereocenters. The molecule has 0 spiro atoms. The lowest BCUT2D eigenvalue weighted by molar-refractivity contribution is 0.532. The minimum Gasteiger partial charge on any atom is -0.314 e. The van der Waals surface area contributed by atoms with Gasteiger partial charge >= 0.3 is 0 Å². The van der Waals surface area contributed by atoms with Gasteiger partial charge in [-0.25, -0.2) is 0 Å². The first-order chi connectivity index (χ1) is 7.10. The van der Waals surface area contributed by atoms with Gasteiger partial charge in [0, 0.05) is 28.3 Å². The second-order valence-corrected chi connectivity index (χ2v) is 6.09. The van der Waals surface area contributed by atoms with Crippen LogP contribution in [0.15, 0.2) is 0 Å². The summed E-state index contributed by atoms with van der Waals surface area (Å²) in [6, 6.07) is 0.505. The lowest BCUT2D eigenvalue weighted by Crippen LogP contribution is -2.28. The molecule has 0 saturated heterocycles. The molecule has 0 aliphatic carbocycles. The number of nitrogens with one attached hydrogen (secondary N) is 1. The molecule has 2 nitrogen and oxygen atoms in total. The molecular weight excluding hydrogens is 206 g/mol. The van der Waals surface area contributed by atoms with Crippen LogP contribution in [0.5, 0.6) is 0 Å². The zero-order valence-corrected chi connectivity index (χ0v) is 11.5. The summed E-state index contributed by atoms with van der Waals surface area (Å²) >= 11 is 0. The van der Waals surface area contributed by atoms with E-state index in [1.54, 1.807) is 0 Å². The van der Waals surface area contributed by atoms with Gasteiger partial charge < -0.3 is 5.32 Å². The first-order valence-electron chi connectivity index (χ1n) is 6.18. The van der Waals surface area contributed by atoms with Crippen molar-refractivity contribution in [1.29, 1.82) is 0 Å². The fourth-order valence-electron chi connectivity index (χ4n) is 1.32. The van der Waals surface area contributed by atoms with Crippen molar-refractivity contribution < 1.29 is 4.21 Å². The largest absolute Gasteiger partial charge is 0.314 e. The summed E-state index contributed by atoms with van der Waals surface area (Å²) in [5.41, 5.74) is 0. The summed E-state index contributed by atoms with van der Waals surface area (Å²) in [4.78, 5) is 0. The van der Waals surface area contributed by atoms with E-state index in [2.05, 4.69) is 33.0 Å². The van der Waals surface area contributed by atoms with Crippen molar-refractivity contribution in [2.75, 3.05) is 18.1 Å². The van der Waals surface area contributed by atoms with E-state index in [0.717, 1.165) is 30.9 Å². The number of hydrogen-bond acceptors (Lipinski definition) is 2. The van der Waals surface area contributed by atoms with Gasteiger partial charge in [-0.1, -0.05) is 27.2 Å². The Morgan fingerprint density at radius 3 is 2.47 bits per heavy atom. The second-order valence-electron chi connectivity index (χ2n) is 4.47. The van der Waals surface area contributed by atoms with E-state index in [0.29, 0.717) is 12.0 Å². The van der Waals surface area contributed by atoms with E-state index in [9.17, 15) is 4.21 Å². The summed E-state index contributed by atoms with van der Waals surface area (Å²) in [5, 5.41) is 3.42. The fraction of sp³-hybridized carbons (Fsp3) is 1.00. The van der Waals surface area contributed by atoms with Crippen molar-refractivity contribution in [2.24, 2.45) is 5.92 Å². The monoisotopic (exact) mass is 233 g/mol. The van der Waals surface area contributed by atoms with E-state index in [4.69, 9.17) is 0 Å². The molecule has 0 radical (unpaired) electrons. The van der Waals surface area contributed by atoms with Crippen molar-refractivity contribution >= 4 is 10.8 Å². The van der Waals surface area contributed by atoms with E-state index in [1.807, 2.05) is 0 Å². The highest BCUT2D eigenvalue weighted by atomic mass is 32.2. The van der Waals surface area contributed by atoms with Crippen molar-refractivity contribution in [1.82, 2.24) is 5.32 Å². The Kier molecular flexibility index (Phi) is 9.41. The smallest absolute Gasteiger partial charge is 0.0260 e. The predicted octanol–water partition coefficient (Wildman–Crippen LogP) is 2.56. The van der Waals surface area contributed by atoms with Gasteiger partial charge in [0.1, 0.15) is 0 Å². The molecule has 0 aromatic rings. The van der Waals surface area contributed by atoms with E-state index >= 15 is 0 Å². The van der Waals surface area contributed by atoms with Crippen molar-refractivity contribution in [3.05, 3.63) is 0 Å². The summed E-state index contributed by atoms with van der Waals surface area (Å²) in [6.45, 7) is 9.75. The highest BCUT2D eigenvalue weighted by molar-refractivity contribution is 7.84. The standard InChI is InChI=1S/C12H27NOS/c1-5-8-13-12(4)7-9-15(14)10-11(3)6-2/h11-13H,5-10H2,1-4H3. The Balaban J connectivity index is 3.52. The molecule has 3 atom stereocenters. The molecule has 0 rings (SSSR count). The van der Waals surface area contributed by atoms with Crippen LogP contribution < -0.4 is 5.32 Å². The molecule has 0 heterocycles. The normalized spacial score (nSPS) is 17.3. The Labute approximate surface area is 97.7 Å². The molecule has 0 bridgehead atoms. The quantitative estimate of drug-likeness (QED) is 0.663. The van der Waals surface area contributed by atoms with Gasteiger partial charge in [0.25, 0.3) is 0 Å². The molecular formula is C12H27NOS. The maximum Gasteiger partial charge on any atom is 0.0260 e. The number of hydrogen-bond donors (Lipinski definition) is 1. The molecule has 0 fully saturated rings. The molecule has 15 heavy (non-hydrogen) atoms. The van der Waals surface area contributed by atoms with Crippen LogP contribution in [0.2, 0.25) is 0 Å². The third-order valence-corrected chi connectivity index (χ3v) is 4.32. The minimum atomic E-state index is -0.616. The van der Waals surface area contributed by atoms with Crippen LogP contribution in [0, 0.1) is 5.92 Å². The van der Waals surface area contributed by atoms with Gasteiger partial charge in [-0.05, 0) is 32.2 Å². The SMILES string of the molecule is CCCNC(C)CCS(=O)CC(C)CC. The van der Waals surface area contributed by atoms with E-state index < -0.39 is 10.8 Å². The van der Waals surface area contributed by atoms with Crippen LogP contribution in [0.4, 0.5) is 0 Å². The third-order valence-electron chi connectivity index (χ3n) is 2.69. The Bertz CT molecular complexity index is 173. The van der Waals surface area contributed by atoms with Gasteiger partial charge in [0.15, 0.2) is 0 Å². The Hall–Kier alpha value is 0.110. The van der Waals surface area contributed by atoms with Gasteiger partial charge in [-0.3, -0.25) is 4.21 Å². The van der Waals surface area contributed by atoms with Gasteiger partial charge in [-0.15, -0.1) is 0 Å². The highest BCUT2D eigenvalue weighted by Crippen LogP contribution is 2.04. The topological polar surface area (TPSA) is 29.1 Å². The summed E-state index contributed by atoms with van der Waals surface area (Å²) in [6.07, 6.45) is 3.33. The summed E-state index contributed by atoms with van der Waals surface area (Å²) in [5.74, 6) is 2.32. The van der Waals surface area contributed by atoms with Crippen LogP contribution in [-0.2, 0) is 10.8 Å². The Morgan fingerprint density at radius 1 is 1.27 bits per heavy atom. The molecule has 0 amide bonds. The van der Waals surface area contributed by atoms with Crippen LogP contribution >= 0.6 is 0 Å². The number of rotatable bonds is 9. The highest BCUT2D eigenvalue weighted by Gasteiger charge is 2.07. The molecule has 0 aliphatic heterocycles. The first-order valence-corrected chi connectivity index (χ1v) is 7.67. The van der Waals surface area contributed by atoms with Crippen LogP contribution in [0.3, 0.4) is 0 Å².